The number of aromatic nitrogens is 2. The number of carbonyl (C=O) groups is 2. The lowest BCUT2D eigenvalue weighted by Crippen LogP contribution is -2.40. The van der Waals surface area contributed by atoms with Gasteiger partial charge < -0.3 is 14.7 Å². The number of para-hydroxylation sites is 1. The molecule has 120 valence electrons. The fourth-order valence-corrected chi connectivity index (χ4v) is 2.73. The van der Waals surface area contributed by atoms with Crippen molar-refractivity contribution in [3.8, 4) is 5.75 Å². The molecule has 7 nitrogen and oxygen atoms in total. The average molecular weight is 315 g/mol. The predicted molar refractivity (Wildman–Crippen MR) is 80.9 cm³/mol. The molecule has 2 N–H and O–H groups in total. The molecule has 0 bridgehead atoms. The van der Waals surface area contributed by atoms with Crippen LogP contribution in [0.25, 0.3) is 0 Å². The summed E-state index contributed by atoms with van der Waals surface area (Å²) in [5.74, 6) is -0.747. The third kappa shape index (κ3) is 3.18. The maximum atomic E-state index is 12.5. The third-order valence-corrected chi connectivity index (χ3v) is 3.85. The molecular formula is C16H17N3O4. The van der Waals surface area contributed by atoms with E-state index >= 15 is 0 Å². The normalized spacial score (nSPS) is 17.0. The largest absolute Gasteiger partial charge is 0.491 e. The van der Waals surface area contributed by atoms with Crippen LogP contribution in [0, 0.1) is 0 Å². The van der Waals surface area contributed by atoms with Gasteiger partial charge in [0.25, 0.3) is 0 Å². The quantitative estimate of drug-likeness (QED) is 0.889. The maximum Gasteiger partial charge on any atom is 0.331 e. The van der Waals surface area contributed by atoms with E-state index in [1.165, 1.54) is 4.90 Å². The van der Waals surface area contributed by atoms with Gasteiger partial charge in [0.15, 0.2) is 6.04 Å². The van der Waals surface area contributed by atoms with E-state index in [0.29, 0.717) is 17.7 Å². The Morgan fingerprint density at radius 1 is 1.39 bits per heavy atom. The molecule has 1 aliphatic heterocycles. The Balaban J connectivity index is 1.82. The van der Waals surface area contributed by atoms with Crippen LogP contribution in [0.15, 0.2) is 36.7 Å². The Kier molecular flexibility index (Phi) is 4.27. The first-order valence-electron chi connectivity index (χ1n) is 7.38. The number of rotatable bonds is 4. The summed E-state index contributed by atoms with van der Waals surface area (Å²) in [6.45, 7) is 0.522. The number of H-pyrrole nitrogens is 1. The number of aromatic amines is 1. The number of carbonyl (C=O) groups excluding carboxylic acids is 1. The molecule has 0 saturated carbocycles. The molecule has 0 aliphatic carbocycles. The first-order chi connectivity index (χ1) is 11.2. The fourth-order valence-electron chi connectivity index (χ4n) is 2.73. The number of carboxylic acid groups (broad SMARTS) is 1. The number of carboxylic acids is 1. The van der Waals surface area contributed by atoms with Gasteiger partial charge in [-0.15, -0.1) is 0 Å². The van der Waals surface area contributed by atoms with Crippen LogP contribution < -0.4 is 4.74 Å². The van der Waals surface area contributed by atoms with Crippen molar-refractivity contribution < 1.29 is 19.4 Å². The Bertz CT molecular complexity index is 699. The predicted octanol–water partition coefficient (Wildman–Crippen LogP) is 1.39. The number of aliphatic carboxylic acids is 1. The summed E-state index contributed by atoms with van der Waals surface area (Å²) in [5.41, 5.74) is 1.42. The molecule has 1 atom stereocenters. The third-order valence-electron chi connectivity index (χ3n) is 3.85. The van der Waals surface area contributed by atoms with Crippen molar-refractivity contribution in [2.45, 2.75) is 18.9 Å². The van der Waals surface area contributed by atoms with Gasteiger partial charge in [-0.3, -0.25) is 9.89 Å². The number of aryl methyl sites for hydroxylation is 1. The molecule has 2 heterocycles. The van der Waals surface area contributed by atoms with Crippen LogP contribution in [0.2, 0.25) is 0 Å². The standard InChI is InChI=1S/C16H17N3O4/c20-14(6-5-11-9-17-18-10-11)19-7-8-23-13-4-2-1-3-12(13)15(19)16(21)22/h1-4,9-10,15H,5-8H2,(H,17,18)(H,21,22). The lowest BCUT2D eigenvalue weighted by Gasteiger charge is -2.26. The molecule has 1 unspecified atom stereocenters. The summed E-state index contributed by atoms with van der Waals surface area (Å²) in [6, 6.07) is 5.93. The molecule has 0 radical (unpaired) electrons. The molecule has 0 spiro atoms. The highest BCUT2D eigenvalue weighted by Gasteiger charge is 2.34. The lowest BCUT2D eigenvalue weighted by atomic mass is 10.0. The molecule has 3 rings (SSSR count). The molecule has 0 fully saturated rings. The summed E-state index contributed by atoms with van der Waals surface area (Å²) in [4.78, 5) is 25.7. The Labute approximate surface area is 132 Å². The molecule has 1 amide bonds. The van der Waals surface area contributed by atoms with Gasteiger partial charge in [-0.05, 0) is 18.1 Å². The van der Waals surface area contributed by atoms with E-state index in [9.17, 15) is 14.7 Å². The van der Waals surface area contributed by atoms with Gasteiger partial charge in [-0.25, -0.2) is 4.79 Å². The number of hydrogen-bond acceptors (Lipinski definition) is 4. The van der Waals surface area contributed by atoms with E-state index in [0.717, 1.165) is 5.56 Å². The van der Waals surface area contributed by atoms with Gasteiger partial charge in [0.05, 0.1) is 12.7 Å². The molecular weight excluding hydrogens is 298 g/mol. The maximum absolute atomic E-state index is 12.5. The van der Waals surface area contributed by atoms with Crippen LogP contribution in [0.1, 0.15) is 23.6 Å². The second-order valence-corrected chi connectivity index (χ2v) is 5.32. The van der Waals surface area contributed by atoms with Gasteiger partial charge in [0.2, 0.25) is 5.91 Å². The van der Waals surface area contributed by atoms with Crippen molar-refractivity contribution in [3.05, 3.63) is 47.8 Å². The zero-order valence-electron chi connectivity index (χ0n) is 12.4. The number of fused-ring (bicyclic) bond motifs is 1. The summed E-state index contributed by atoms with van der Waals surface area (Å²) in [7, 11) is 0. The van der Waals surface area contributed by atoms with Gasteiger partial charge in [0, 0.05) is 18.2 Å². The van der Waals surface area contributed by atoms with Crippen molar-refractivity contribution in [1.82, 2.24) is 15.1 Å². The topological polar surface area (TPSA) is 95.5 Å². The number of nitrogens with zero attached hydrogens (tertiary/aromatic N) is 2. The number of benzene rings is 1. The van der Waals surface area contributed by atoms with Crippen molar-refractivity contribution in [3.63, 3.8) is 0 Å². The number of ether oxygens (including phenoxy) is 1. The minimum atomic E-state index is -1.06. The van der Waals surface area contributed by atoms with Crippen molar-refractivity contribution in [2.24, 2.45) is 0 Å². The Hall–Kier alpha value is -2.83. The summed E-state index contributed by atoms with van der Waals surface area (Å²) < 4.78 is 5.59. The van der Waals surface area contributed by atoms with E-state index in [1.807, 2.05) is 0 Å². The van der Waals surface area contributed by atoms with Crippen LogP contribution in [0.4, 0.5) is 0 Å². The van der Waals surface area contributed by atoms with Crippen molar-refractivity contribution in [2.75, 3.05) is 13.2 Å². The molecule has 1 aliphatic rings. The van der Waals surface area contributed by atoms with E-state index in [2.05, 4.69) is 10.2 Å². The molecule has 2 aromatic rings. The summed E-state index contributed by atoms with van der Waals surface area (Å²) in [5, 5.41) is 16.1. The van der Waals surface area contributed by atoms with Crippen LogP contribution >= 0.6 is 0 Å². The highest BCUT2D eigenvalue weighted by Crippen LogP contribution is 2.32. The molecule has 1 aromatic carbocycles. The Morgan fingerprint density at radius 3 is 2.96 bits per heavy atom. The average Bonchev–Trinajstić information content (AvgIpc) is 2.98. The zero-order valence-corrected chi connectivity index (χ0v) is 12.4. The lowest BCUT2D eigenvalue weighted by molar-refractivity contribution is -0.150. The molecule has 0 saturated heterocycles. The van der Waals surface area contributed by atoms with Crippen LogP contribution in [0.5, 0.6) is 5.75 Å². The van der Waals surface area contributed by atoms with E-state index < -0.39 is 12.0 Å². The Morgan fingerprint density at radius 2 is 2.22 bits per heavy atom. The van der Waals surface area contributed by atoms with Gasteiger partial charge in [0.1, 0.15) is 12.4 Å². The molecule has 7 heteroatoms. The monoisotopic (exact) mass is 315 g/mol. The highest BCUT2D eigenvalue weighted by molar-refractivity contribution is 5.85. The second kappa shape index (κ2) is 6.51. The first kappa shape index (κ1) is 15.1. The van der Waals surface area contributed by atoms with Crippen LogP contribution in [-0.2, 0) is 16.0 Å². The molecule has 1 aromatic heterocycles. The second-order valence-electron chi connectivity index (χ2n) is 5.32. The van der Waals surface area contributed by atoms with Gasteiger partial charge in [-0.2, -0.15) is 5.10 Å². The number of nitrogens with one attached hydrogen (secondary N) is 1. The van der Waals surface area contributed by atoms with E-state index in [1.54, 1.807) is 36.7 Å². The smallest absolute Gasteiger partial charge is 0.331 e. The van der Waals surface area contributed by atoms with E-state index in [4.69, 9.17) is 4.74 Å². The minimum absolute atomic E-state index is 0.209. The van der Waals surface area contributed by atoms with Crippen molar-refractivity contribution in [1.29, 1.82) is 0 Å². The van der Waals surface area contributed by atoms with Crippen LogP contribution in [0.3, 0.4) is 0 Å². The highest BCUT2D eigenvalue weighted by atomic mass is 16.5. The number of amides is 1. The fraction of sp³-hybridized carbons (Fsp3) is 0.312. The van der Waals surface area contributed by atoms with Crippen molar-refractivity contribution >= 4 is 11.9 Å². The van der Waals surface area contributed by atoms with Gasteiger partial charge in [-0.1, -0.05) is 18.2 Å². The summed E-state index contributed by atoms with van der Waals surface area (Å²) >= 11 is 0. The van der Waals surface area contributed by atoms with E-state index in [-0.39, 0.29) is 25.5 Å². The SMILES string of the molecule is O=C(O)C1c2ccccc2OCCN1C(=O)CCc1cn[nH]c1. The summed E-state index contributed by atoms with van der Waals surface area (Å²) in [6.07, 6.45) is 4.12. The number of hydrogen-bond donors (Lipinski definition) is 2. The van der Waals surface area contributed by atoms with Crippen LogP contribution in [-0.4, -0.2) is 45.2 Å². The zero-order chi connectivity index (χ0) is 16.2. The molecule has 23 heavy (non-hydrogen) atoms. The minimum Gasteiger partial charge on any atom is -0.491 e. The first-order valence-corrected chi connectivity index (χ1v) is 7.38. The van der Waals surface area contributed by atoms with Gasteiger partial charge >= 0.3 is 5.97 Å².